The maximum atomic E-state index is 12.0. The summed E-state index contributed by atoms with van der Waals surface area (Å²) in [4.78, 5) is 35.1. The predicted octanol–water partition coefficient (Wildman–Crippen LogP) is 3.75. The molecule has 0 unspecified atom stereocenters. The molecule has 0 atom stereocenters. The Morgan fingerprint density at radius 1 is 0.885 bits per heavy atom. The first-order chi connectivity index (χ1) is 12.4. The first-order valence-corrected chi connectivity index (χ1v) is 8.51. The third-order valence-electron chi connectivity index (χ3n) is 3.40. The average Bonchev–Trinajstić information content (AvgIpc) is 2.61. The van der Waals surface area contributed by atoms with E-state index in [2.05, 4.69) is 16.0 Å². The predicted molar refractivity (Wildman–Crippen MR) is 102 cm³/mol. The first-order valence-electron chi connectivity index (χ1n) is 7.76. The summed E-state index contributed by atoms with van der Waals surface area (Å²) in [6.07, 6.45) is 0. The number of hydrogen-bond donors (Lipinski definition) is 3. The van der Waals surface area contributed by atoms with Crippen molar-refractivity contribution < 1.29 is 14.4 Å². The third kappa shape index (κ3) is 5.75. The van der Waals surface area contributed by atoms with Gasteiger partial charge in [0.25, 0.3) is 5.91 Å². The Balaban J connectivity index is 1.76. The monoisotopic (exact) mass is 393 g/mol. The van der Waals surface area contributed by atoms with Crippen molar-refractivity contribution in [3.05, 3.63) is 63.6 Å². The third-order valence-corrected chi connectivity index (χ3v) is 4.14. The molecule has 8 heteroatoms. The lowest BCUT2D eigenvalue weighted by Crippen LogP contribution is -2.36. The largest absolute Gasteiger partial charge is 0.350 e. The summed E-state index contributed by atoms with van der Waals surface area (Å²) in [7, 11) is 0. The van der Waals surface area contributed by atoms with Crippen LogP contribution in [0.4, 0.5) is 10.5 Å². The summed E-state index contributed by atoms with van der Waals surface area (Å²) in [6, 6.07) is 10.8. The molecular weight excluding hydrogens is 377 g/mol. The van der Waals surface area contributed by atoms with Crippen LogP contribution in [0.1, 0.15) is 27.6 Å². The van der Waals surface area contributed by atoms with Crippen LogP contribution < -0.4 is 16.0 Å². The fraction of sp³-hybridized carbons (Fsp3) is 0.167. The summed E-state index contributed by atoms with van der Waals surface area (Å²) in [5.41, 5.74) is 1.40. The van der Waals surface area contributed by atoms with Crippen LogP contribution in [0.15, 0.2) is 42.5 Å². The minimum atomic E-state index is -0.436. The van der Waals surface area contributed by atoms with Crippen molar-refractivity contribution in [1.29, 1.82) is 0 Å². The molecule has 3 N–H and O–H groups in total. The van der Waals surface area contributed by atoms with E-state index in [1.54, 1.807) is 36.4 Å². The summed E-state index contributed by atoms with van der Waals surface area (Å²) in [5, 5.41) is 8.56. The summed E-state index contributed by atoms with van der Waals surface area (Å²) < 4.78 is 0. The van der Waals surface area contributed by atoms with Gasteiger partial charge in [0.2, 0.25) is 0 Å². The molecule has 0 saturated carbocycles. The number of anilines is 1. The molecule has 136 valence electrons. The number of amides is 3. The number of carbonyl (C=O) groups excluding carboxylic acids is 3. The van der Waals surface area contributed by atoms with Gasteiger partial charge in [0.1, 0.15) is 0 Å². The molecule has 2 aromatic carbocycles. The Bertz CT molecular complexity index is 840. The van der Waals surface area contributed by atoms with Gasteiger partial charge in [0, 0.05) is 29.9 Å². The highest BCUT2D eigenvalue weighted by molar-refractivity contribution is 6.42. The molecule has 0 heterocycles. The van der Waals surface area contributed by atoms with Crippen molar-refractivity contribution in [3.63, 3.8) is 0 Å². The van der Waals surface area contributed by atoms with Crippen LogP contribution in [-0.2, 0) is 0 Å². The van der Waals surface area contributed by atoms with Crippen molar-refractivity contribution in [2.75, 3.05) is 18.4 Å². The normalized spacial score (nSPS) is 10.1. The molecule has 2 aromatic rings. The number of ketones is 1. The van der Waals surface area contributed by atoms with Gasteiger partial charge in [-0.15, -0.1) is 0 Å². The van der Waals surface area contributed by atoms with Crippen molar-refractivity contribution in [2.45, 2.75) is 6.92 Å². The van der Waals surface area contributed by atoms with Crippen molar-refractivity contribution in [3.8, 4) is 0 Å². The molecule has 0 aromatic heterocycles. The molecule has 0 saturated heterocycles. The zero-order chi connectivity index (χ0) is 19.1. The number of carbonyl (C=O) groups is 3. The number of nitrogens with one attached hydrogen (secondary N) is 3. The zero-order valence-electron chi connectivity index (χ0n) is 13.9. The highest BCUT2D eigenvalue weighted by atomic mass is 35.5. The van der Waals surface area contributed by atoms with E-state index in [1.807, 2.05) is 0 Å². The quantitative estimate of drug-likeness (QED) is 0.515. The van der Waals surface area contributed by atoms with E-state index in [4.69, 9.17) is 23.2 Å². The number of halogens is 2. The number of hydrogen-bond acceptors (Lipinski definition) is 3. The van der Waals surface area contributed by atoms with Crippen LogP contribution in [0.2, 0.25) is 10.0 Å². The highest BCUT2D eigenvalue weighted by Gasteiger charge is 2.08. The summed E-state index contributed by atoms with van der Waals surface area (Å²) >= 11 is 11.7. The van der Waals surface area contributed by atoms with Gasteiger partial charge in [0.15, 0.2) is 5.78 Å². The molecule has 0 aliphatic carbocycles. The summed E-state index contributed by atoms with van der Waals surface area (Å²) in [6.45, 7) is 1.92. The number of urea groups is 1. The maximum absolute atomic E-state index is 12.0. The van der Waals surface area contributed by atoms with Gasteiger partial charge in [-0.25, -0.2) is 4.79 Å². The van der Waals surface area contributed by atoms with Crippen molar-refractivity contribution >= 4 is 46.6 Å². The molecule has 0 fully saturated rings. The van der Waals surface area contributed by atoms with Gasteiger partial charge in [-0.05, 0) is 37.3 Å². The number of rotatable bonds is 6. The minimum absolute atomic E-state index is 0.0842. The highest BCUT2D eigenvalue weighted by Crippen LogP contribution is 2.22. The van der Waals surface area contributed by atoms with Gasteiger partial charge in [-0.1, -0.05) is 35.3 Å². The van der Waals surface area contributed by atoms with E-state index in [-0.39, 0.29) is 24.8 Å². The second-order valence-electron chi connectivity index (χ2n) is 5.40. The van der Waals surface area contributed by atoms with Crippen LogP contribution in [-0.4, -0.2) is 30.8 Å². The fourth-order valence-electron chi connectivity index (χ4n) is 2.08. The topological polar surface area (TPSA) is 87.3 Å². The van der Waals surface area contributed by atoms with Gasteiger partial charge >= 0.3 is 6.03 Å². The minimum Gasteiger partial charge on any atom is -0.350 e. The molecule has 3 amide bonds. The van der Waals surface area contributed by atoms with Crippen LogP contribution in [0.3, 0.4) is 0 Å². The zero-order valence-corrected chi connectivity index (χ0v) is 15.4. The Kier molecular flexibility index (Phi) is 7.00. The Morgan fingerprint density at radius 2 is 1.62 bits per heavy atom. The average molecular weight is 394 g/mol. The van der Waals surface area contributed by atoms with E-state index in [0.29, 0.717) is 26.9 Å². The first kappa shape index (κ1) is 19.8. The lowest BCUT2D eigenvalue weighted by Gasteiger charge is -2.09. The maximum Gasteiger partial charge on any atom is 0.319 e. The van der Waals surface area contributed by atoms with E-state index >= 15 is 0 Å². The number of Topliss-reactive ketones (excluding diaryl/α,β-unsaturated/α-hetero) is 1. The second kappa shape index (κ2) is 9.22. The Hall–Kier alpha value is -2.57. The van der Waals surface area contributed by atoms with Gasteiger partial charge in [0.05, 0.1) is 10.0 Å². The fourth-order valence-corrected chi connectivity index (χ4v) is 2.38. The molecule has 6 nitrogen and oxygen atoms in total. The van der Waals surface area contributed by atoms with E-state index in [1.165, 1.54) is 13.0 Å². The van der Waals surface area contributed by atoms with Gasteiger partial charge in [-0.2, -0.15) is 0 Å². The smallest absolute Gasteiger partial charge is 0.319 e. The van der Waals surface area contributed by atoms with Crippen molar-refractivity contribution in [1.82, 2.24) is 10.6 Å². The Morgan fingerprint density at radius 3 is 2.31 bits per heavy atom. The SMILES string of the molecule is CC(=O)c1cccc(NC(=O)NCCNC(=O)c2ccc(Cl)c(Cl)c2)c1. The summed E-state index contributed by atoms with van der Waals surface area (Å²) in [5.74, 6) is -0.404. The van der Waals surface area contributed by atoms with Crippen LogP contribution in [0, 0.1) is 0 Å². The molecule has 0 aliphatic heterocycles. The molecule has 0 spiro atoms. The molecule has 0 radical (unpaired) electrons. The lowest BCUT2D eigenvalue weighted by atomic mass is 10.1. The van der Waals surface area contributed by atoms with Crippen molar-refractivity contribution in [2.24, 2.45) is 0 Å². The molecular formula is C18H17Cl2N3O3. The molecule has 0 bridgehead atoms. The standard InChI is InChI=1S/C18H17Cl2N3O3/c1-11(24)12-3-2-4-14(9-12)23-18(26)22-8-7-21-17(25)13-5-6-15(19)16(20)10-13/h2-6,9-10H,7-8H2,1H3,(H,21,25)(H2,22,23,26). The van der Waals surface area contributed by atoms with E-state index < -0.39 is 6.03 Å². The Labute approximate surface area is 160 Å². The lowest BCUT2D eigenvalue weighted by molar-refractivity contribution is 0.0953. The molecule has 26 heavy (non-hydrogen) atoms. The van der Waals surface area contributed by atoms with Gasteiger partial charge in [-0.3, -0.25) is 9.59 Å². The van der Waals surface area contributed by atoms with Crippen LogP contribution in [0.25, 0.3) is 0 Å². The van der Waals surface area contributed by atoms with E-state index in [0.717, 1.165) is 0 Å². The van der Waals surface area contributed by atoms with Gasteiger partial charge < -0.3 is 16.0 Å². The molecule has 2 rings (SSSR count). The van der Waals surface area contributed by atoms with Crippen LogP contribution >= 0.6 is 23.2 Å². The molecule has 0 aliphatic rings. The van der Waals surface area contributed by atoms with Crippen LogP contribution in [0.5, 0.6) is 0 Å². The second-order valence-corrected chi connectivity index (χ2v) is 6.22. The number of benzene rings is 2. The van der Waals surface area contributed by atoms with E-state index in [9.17, 15) is 14.4 Å².